The van der Waals surface area contributed by atoms with E-state index >= 15 is 0 Å². The van der Waals surface area contributed by atoms with Crippen molar-refractivity contribution in [3.05, 3.63) is 17.5 Å². The third kappa shape index (κ3) is 2.87. The maximum absolute atomic E-state index is 12.0. The fourth-order valence-electron chi connectivity index (χ4n) is 3.72. The van der Waals surface area contributed by atoms with Gasteiger partial charge in [0.05, 0.1) is 0 Å². The van der Waals surface area contributed by atoms with Crippen LogP contribution in [-0.4, -0.2) is 47.0 Å². The molecule has 2 atom stereocenters. The molecule has 0 aliphatic carbocycles. The SMILES string of the molecule is Cc1cc(C)nc(N2CC[C@@H]3[C@@H](CCCC(=O)N3C)C2)n1. The largest absolute Gasteiger partial charge is 0.342 e. The molecule has 5 nitrogen and oxygen atoms in total. The van der Waals surface area contributed by atoms with Crippen LogP contribution in [0.1, 0.15) is 37.1 Å². The number of anilines is 1. The van der Waals surface area contributed by atoms with Crippen molar-refractivity contribution < 1.29 is 4.79 Å². The van der Waals surface area contributed by atoms with E-state index in [4.69, 9.17) is 0 Å². The fourth-order valence-corrected chi connectivity index (χ4v) is 3.72. The number of piperidine rings is 1. The van der Waals surface area contributed by atoms with Crippen molar-refractivity contribution in [2.45, 2.75) is 45.6 Å². The summed E-state index contributed by atoms with van der Waals surface area (Å²) in [6, 6.07) is 2.40. The molecule has 3 heterocycles. The Labute approximate surface area is 126 Å². The van der Waals surface area contributed by atoms with Gasteiger partial charge >= 0.3 is 0 Å². The van der Waals surface area contributed by atoms with E-state index in [1.165, 1.54) is 0 Å². The molecule has 5 heteroatoms. The fraction of sp³-hybridized carbons (Fsp3) is 0.688. The lowest BCUT2D eigenvalue weighted by Gasteiger charge is -2.41. The van der Waals surface area contributed by atoms with Crippen molar-refractivity contribution in [1.29, 1.82) is 0 Å². The number of carbonyl (C=O) groups excluding carboxylic acids is 1. The van der Waals surface area contributed by atoms with Gasteiger partial charge in [-0.2, -0.15) is 0 Å². The topological polar surface area (TPSA) is 49.3 Å². The van der Waals surface area contributed by atoms with Gasteiger partial charge in [-0.05, 0) is 45.1 Å². The molecule has 0 saturated carbocycles. The highest BCUT2D eigenvalue weighted by atomic mass is 16.2. The van der Waals surface area contributed by atoms with Crippen molar-refractivity contribution in [1.82, 2.24) is 14.9 Å². The molecule has 0 bridgehead atoms. The minimum absolute atomic E-state index is 0.304. The molecular weight excluding hydrogens is 264 g/mol. The highest BCUT2D eigenvalue weighted by Gasteiger charge is 2.36. The van der Waals surface area contributed by atoms with Crippen molar-refractivity contribution in [3.63, 3.8) is 0 Å². The van der Waals surface area contributed by atoms with Crippen LogP contribution in [0.3, 0.4) is 0 Å². The summed E-state index contributed by atoms with van der Waals surface area (Å²) in [5.41, 5.74) is 2.04. The summed E-state index contributed by atoms with van der Waals surface area (Å²) >= 11 is 0. The Morgan fingerprint density at radius 3 is 2.62 bits per heavy atom. The Hall–Kier alpha value is -1.65. The zero-order chi connectivity index (χ0) is 15.0. The summed E-state index contributed by atoms with van der Waals surface area (Å²) in [6.45, 7) is 5.93. The average molecular weight is 288 g/mol. The highest BCUT2D eigenvalue weighted by Crippen LogP contribution is 2.30. The number of aromatic nitrogens is 2. The third-order valence-corrected chi connectivity index (χ3v) is 4.80. The Morgan fingerprint density at radius 2 is 1.90 bits per heavy atom. The van der Waals surface area contributed by atoms with Gasteiger partial charge in [-0.3, -0.25) is 4.79 Å². The maximum Gasteiger partial charge on any atom is 0.225 e. The monoisotopic (exact) mass is 288 g/mol. The second-order valence-electron chi connectivity index (χ2n) is 6.41. The first-order valence-corrected chi connectivity index (χ1v) is 7.87. The van der Waals surface area contributed by atoms with Gasteiger partial charge in [-0.25, -0.2) is 9.97 Å². The van der Waals surface area contributed by atoms with Crippen LogP contribution < -0.4 is 4.90 Å². The summed E-state index contributed by atoms with van der Waals surface area (Å²) in [7, 11) is 1.97. The van der Waals surface area contributed by atoms with Gasteiger partial charge in [0.15, 0.2) is 0 Å². The van der Waals surface area contributed by atoms with Crippen LogP contribution in [0.25, 0.3) is 0 Å². The van der Waals surface area contributed by atoms with Crippen molar-refractivity contribution in [2.75, 3.05) is 25.0 Å². The number of nitrogens with zero attached hydrogens (tertiary/aromatic N) is 4. The number of hydrogen-bond donors (Lipinski definition) is 0. The normalized spacial score (nSPS) is 26.5. The van der Waals surface area contributed by atoms with Crippen LogP contribution in [0.2, 0.25) is 0 Å². The minimum atomic E-state index is 0.304. The van der Waals surface area contributed by atoms with Crippen LogP contribution in [0, 0.1) is 19.8 Å². The van der Waals surface area contributed by atoms with E-state index in [9.17, 15) is 4.79 Å². The van der Waals surface area contributed by atoms with E-state index in [2.05, 4.69) is 14.9 Å². The lowest BCUT2D eigenvalue weighted by Crippen LogP contribution is -2.50. The molecule has 2 fully saturated rings. The molecular formula is C16H24N4O. The van der Waals surface area contributed by atoms with Gasteiger partial charge in [-0.1, -0.05) is 0 Å². The third-order valence-electron chi connectivity index (χ3n) is 4.80. The molecule has 1 aromatic rings. The predicted octanol–water partition coefficient (Wildman–Crippen LogP) is 1.93. The quantitative estimate of drug-likeness (QED) is 0.792. The van der Waals surface area contributed by atoms with Crippen molar-refractivity contribution in [3.8, 4) is 0 Å². The first-order valence-electron chi connectivity index (χ1n) is 7.87. The summed E-state index contributed by atoms with van der Waals surface area (Å²) in [5, 5.41) is 0. The molecule has 1 aromatic heterocycles. The number of hydrogen-bond acceptors (Lipinski definition) is 4. The number of rotatable bonds is 1. The number of likely N-dealkylation sites (tertiary alicyclic amines) is 1. The molecule has 0 spiro atoms. The van der Waals surface area contributed by atoms with Crippen LogP contribution >= 0.6 is 0 Å². The standard InChI is InChI=1S/C16H24N4O/c1-11-9-12(2)18-16(17-11)20-8-7-14-13(10-20)5-4-6-15(21)19(14)3/h9,13-14H,4-8,10H2,1-3H3/t13-,14+/m0/s1. The number of carbonyl (C=O) groups is 1. The first kappa shape index (κ1) is 14.3. The molecule has 2 aliphatic rings. The molecule has 0 unspecified atom stereocenters. The first-order chi connectivity index (χ1) is 10.0. The van der Waals surface area contributed by atoms with Gasteiger partial charge < -0.3 is 9.80 Å². The predicted molar refractivity (Wildman–Crippen MR) is 82.2 cm³/mol. The van der Waals surface area contributed by atoms with E-state index in [1.54, 1.807) is 0 Å². The van der Waals surface area contributed by atoms with Crippen molar-refractivity contribution in [2.24, 2.45) is 5.92 Å². The second kappa shape index (κ2) is 5.62. The maximum atomic E-state index is 12.0. The summed E-state index contributed by atoms with van der Waals surface area (Å²) in [4.78, 5) is 25.5. The van der Waals surface area contributed by atoms with Crippen LogP contribution in [-0.2, 0) is 4.79 Å². The van der Waals surface area contributed by atoms with Gasteiger partial charge in [-0.15, -0.1) is 0 Å². The molecule has 2 aliphatic heterocycles. The summed E-state index contributed by atoms with van der Waals surface area (Å²) in [6.07, 6.45) is 3.85. The van der Waals surface area contributed by atoms with Gasteiger partial charge in [0.25, 0.3) is 0 Å². The van der Waals surface area contributed by atoms with E-state index in [0.717, 1.165) is 49.7 Å². The van der Waals surface area contributed by atoms with E-state index in [0.29, 0.717) is 24.3 Å². The van der Waals surface area contributed by atoms with Gasteiger partial charge in [0.1, 0.15) is 0 Å². The van der Waals surface area contributed by atoms with Crippen LogP contribution in [0.4, 0.5) is 5.95 Å². The zero-order valence-electron chi connectivity index (χ0n) is 13.2. The summed E-state index contributed by atoms with van der Waals surface area (Å²) < 4.78 is 0. The Morgan fingerprint density at radius 1 is 1.19 bits per heavy atom. The Kier molecular flexibility index (Phi) is 3.83. The smallest absolute Gasteiger partial charge is 0.225 e. The lowest BCUT2D eigenvalue weighted by molar-refractivity contribution is -0.132. The highest BCUT2D eigenvalue weighted by molar-refractivity contribution is 5.76. The van der Waals surface area contributed by atoms with Crippen molar-refractivity contribution >= 4 is 11.9 Å². The van der Waals surface area contributed by atoms with E-state index in [-0.39, 0.29) is 0 Å². The van der Waals surface area contributed by atoms with Crippen LogP contribution in [0.15, 0.2) is 6.07 Å². The van der Waals surface area contributed by atoms with Gasteiger partial charge in [0, 0.05) is 44.0 Å². The number of amides is 1. The average Bonchev–Trinajstić information content (AvgIpc) is 2.58. The second-order valence-corrected chi connectivity index (χ2v) is 6.41. The number of aryl methyl sites for hydroxylation is 2. The van der Waals surface area contributed by atoms with Gasteiger partial charge in [0.2, 0.25) is 11.9 Å². The molecule has 1 amide bonds. The number of fused-ring (bicyclic) bond motifs is 1. The van der Waals surface area contributed by atoms with Crippen LogP contribution in [0.5, 0.6) is 0 Å². The molecule has 0 aromatic carbocycles. The molecule has 21 heavy (non-hydrogen) atoms. The van der Waals surface area contributed by atoms with E-state index < -0.39 is 0 Å². The van der Waals surface area contributed by atoms with E-state index in [1.807, 2.05) is 31.9 Å². The minimum Gasteiger partial charge on any atom is -0.342 e. The molecule has 114 valence electrons. The molecule has 2 saturated heterocycles. The molecule has 3 rings (SSSR count). The lowest BCUT2D eigenvalue weighted by atomic mass is 9.88. The Bertz CT molecular complexity index is 525. The zero-order valence-corrected chi connectivity index (χ0v) is 13.2. The summed E-state index contributed by atoms with van der Waals surface area (Å²) in [5.74, 6) is 1.70. The molecule has 0 radical (unpaired) electrons. The molecule has 0 N–H and O–H groups in total. The Balaban J connectivity index is 1.79.